The number of carbonyl (C=O) groups excluding carboxylic acids is 4. The minimum atomic E-state index is -1.14. The van der Waals surface area contributed by atoms with E-state index in [9.17, 15) is 29.1 Å². The van der Waals surface area contributed by atoms with E-state index in [0.717, 1.165) is 51.4 Å². The Morgan fingerprint density at radius 3 is 1.73 bits per heavy atom. The van der Waals surface area contributed by atoms with Crippen molar-refractivity contribution >= 4 is 29.5 Å². The summed E-state index contributed by atoms with van der Waals surface area (Å²) in [4.78, 5) is 58.7. The predicted molar refractivity (Wildman–Crippen MR) is 162 cm³/mol. The lowest BCUT2D eigenvalue weighted by molar-refractivity contribution is -0.142. The normalized spacial score (nSPS) is 12.4. The van der Waals surface area contributed by atoms with Gasteiger partial charge < -0.3 is 31.6 Å². The topological polar surface area (TPSA) is 168 Å². The van der Waals surface area contributed by atoms with Crippen LogP contribution in [-0.4, -0.2) is 59.8 Å². The quantitative estimate of drug-likeness (QED) is 0.0845. The number of carbonyl (C=O) groups is 5. The van der Waals surface area contributed by atoms with Crippen LogP contribution in [0, 0.1) is 0 Å². The summed E-state index contributed by atoms with van der Waals surface area (Å²) < 4.78 is 0. The molecule has 0 fully saturated rings. The van der Waals surface area contributed by atoms with Crippen molar-refractivity contribution in [1.82, 2.24) is 16.0 Å². The molecule has 0 radical (unpaired) electrons. The molecule has 0 saturated carbocycles. The molecular weight excluding hydrogens is 524 g/mol. The van der Waals surface area contributed by atoms with Gasteiger partial charge in [-0.05, 0) is 51.9 Å². The molecule has 0 aliphatic carbocycles. The highest BCUT2D eigenvalue weighted by atomic mass is 16.4. The van der Waals surface area contributed by atoms with Gasteiger partial charge in [0.05, 0.1) is 6.04 Å². The van der Waals surface area contributed by atoms with Crippen LogP contribution in [0.15, 0.2) is 0 Å². The molecule has 0 unspecified atom stereocenters. The minimum absolute atomic E-state index is 0.00759. The summed E-state index contributed by atoms with van der Waals surface area (Å²) in [6.45, 7) is 4.81. The second-order valence-corrected chi connectivity index (χ2v) is 11.2. The lowest BCUT2D eigenvalue weighted by Crippen LogP contribution is -2.41. The number of rotatable bonds is 28. The Bertz CT molecular complexity index is 746. The Morgan fingerprint density at radius 1 is 0.634 bits per heavy atom. The average Bonchev–Trinajstić information content (AvgIpc) is 2.93. The van der Waals surface area contributed by atoms with Gasteiger partial charge in [-0.25, -0.2) is 4.79 Å². The number of amides is 3. The molecule has 6 N–H and O–H groups in total. The highest BCUT2D eigenvalue weighted by molar-refractivity contribution is 5.84. The number of nitrogens with one attached hydrogen (secondary N) is 3. The molecule has 0 aromatic carbocycles. The van der Waals surface area contributed by atoms with E-state index < -0.39 is 18.1 Å². The minimum Gasteiger partial charge on any atom is -0.480 e. The summed E-state index contributed by atoms with van der Waals surface area (Å²) in [5, 5.41) is 17.6. The summed E-state index contributed by atoms with van der Waals surface area (Å²) in [5.74, 6) is -1.59. The first-order chi connectivity index (χ1) is 19.7. The first-order valence-electron chi connectivity index (χ1n) is 16.0. The van der Waals surface area contributed by atoms with Gasteiger partial charge >= 0.3 is 5.97 Å². The van der Waals surface area contributed by atoms with E-state index in [1.165, 1.54) is 25.7 Å². The smallest absolute Gasteiger partial charge is 0.326 e. The molecule has 0 aromatic rings. The molecule has 0 saturated heterocycles. The molecule has 0 rings (SSSR count). The Balaban J connectivity index is 3.85. The molecule has 2 atom stereocenters. The molecule has 10 heteroatoms. The van der Waals surface area contributed by atoms with Crippen molar-refractivity contribution in [3.8, 4) is 0 Å². The molecule has 238 valence electrons. The van der Waals surface area contributed by atoms with Gasteiger partial charge in [0.1, 0.15) is 11.8 Å². The van der Waals surface area contributed by atoms with Crippen molar-refractivity contribution in [2.75, 3.05) is 13.1 Å². The number of carboxylic acids is 1. The fourth-order valence-corrected chi connectivity index (χ4v) is 4.53. The molecule has 0 aromatic heterocycles. The molecule has 3 amide bonds. The zero-order chi connectivity index (χ0) is 30.7. The van der Waals surface area contributed by atoms with Crippen molar-refractivity contribution in [3.05, 3.63) is 0 Å². The van der Waals surface area contributed by atoms with Crippen LogP contribution in [0.25, 0.3) is 0 Å². The Kier molecular flexibility index (Phi) is 24.8. The second-order valence-electron chi connectivity index (χ2n) is 11.2. The van der Waals surface area contributed by atoms with Crippen LogP contribution in [-0.2, 0) is 24.0 Å². The monoisotopic (exact) mass is 582 g/mol. The summed E-state index contributed by atoms with van der Waals surface area (Å²) in [5.41, 5.74) is 5.91. The van der Waals surface area contributed by atoms with Gasteiger partial charge in [-0.15, -0.1) is 0 Å². The van der Waals surface area contributed by atoms with Crippen LogP contribution in [0.3, 0.4) is 0 Å². The summed E-state index contributed by atoms with van der Waals surface area (Å²) in [6, 6.07) is -1.64. The maximum Gasteiger partial charge on any atom is 0.326 e. The first-order valence-corrected chi connectivity index (χ1v) is 16.0. The van der Waals surface area contributed by atoms with Gasteiger partial charge in [0.15, 0.2) is 0 Å². The maximum atomic E-state index is 12.2. The molecule has 0 aliphatic heterocycles. The number of nitrogens with two attached hydrogens (primary N) is 1. The van der Waals surface area contributed by atoms with Crippen LogP contribution in [0.5, 0.6) is 0 Å². The molecule has 10 nitrogen and oxygen atoms in total. The molecular formula is C31H58N4O6. The molecule has 0 bridgehead atoms. The highest BCUT2D eigenvalue weighted by Gasteiger charge is 2.20. The Labute approximate surface area is 247 Å². The zero-order valence-corrected chi connectivity index (χ0v) is 25.8. The van der Waals surface area contributed by atoms with E-state index in [1.54, 1.807) is 6.92 Å². The van der Waals surface area contributed by atoms with Gasteiger partial charge in [-0.1, -0.05) is 71.1 Å². The number of unbranched alkanes of at least 4 members (excludes halogenated alkanes) is 12. The van der Waals surface area contributed by atoms with Crippen molar-refractivity contribution in [2.24, 2.45) is 5.73 Å². The number of hydrogen-bond donors (Lipinski definition) is 5. The van der Waals surface area contributed by atoms with Gasteiger partial charge in [-0.3, -0.25) is 14.4 Å². The van der Waals surface area contributed by atoms with Gasteiger partial charge in [0.2, 0.25) is 17.7 Å². The van der Waals surface area contributed by atoms with Crippen LogP contribution in [0.1, 0.15) is 142 Å². The van der Waals surface area contributed by atoms with E-state index in [1.807, 2.05) is 0 Å². The van der Waals surface area contributed by atoms with Crippen LogP contribution in [0.4, 0.5) is 0 Å². The number of aliphatic carboxylic acids is 1. The lowest BCUT2D eigenvalue weighted by atomic mass is 10.0. The number of carboxylic acid groups (broad SMARTS) is 1. The molecule has 0 aliphatic rings. The fourth-order valence-electron chi connectivity index (χ4n) is 4.53. The number of ketones is 1. The van der Waals surface area contributed by atoms with Crippen molar-refractivity contribution in [1.29, 1.82) is 0 Å². The van der Waals surface area contributed by atoms with Crippen molar-refractivity contribution in [3.63, 3.8) is 0 Å². The number of Topliss-reactive ketones (excluding diaryl/α,β-unsaturated/α-hetero) is 1. The third kappa shape index (κ3) is 25.0. The van der Waals surface area contributed by atoms with Crippen molar-refractivity contribution < 1.29 is 29.1 Å². The van der Waals surface area contributed by atoms with E-state index in [-0.39, 0.29) is 42.8 Å². The van der Waals surface area contributed by atoms with E-state index in [4.69, 9.17) is 5.73 Å². The van der Waals surface area contributed by atoms with Gasteiger partial charge in [0.25, 0.3) is 0 Å². The SMILES string of the molecule is CCCCCNC(=O)[C@@H](N)CCCCNC(=O)CC[C@H](NC(=O)CCCCCCCCCCCCC(C)=O)C(=O)O. The van der Waals surface area contributed by atoms with Gasteiger partial charge in [0, 0.05) is 32.4 Å². The third-order valence-electron chi connectivity index (χ3n) is 7.16. The Hall–Kier alpha value is -2.49. The summed E-state index contributed by atoms with van der Waals surface area (Å²) in [7, 11) is 0. The second kappa shape index (κ2) is 26.4. The molecule has 0 heterocycles. The molecule has 0 spiro atoms. The Morgan fingerprint density at radius 2 is 1.17 bits per heavy atom. The standard InChI is InChI=1S/C31H58N4O6/c1-3-4-16-24-34-30(39)26(32)19-15-17-23-33-28(37)22-21-27(31(40)41)35-29(38)20-14-12-10-8-6-5-7-9-11-13-18-25(2)36/h26-27H,3-24,32H2,1-2H3,(H,33,37)(H,34,39)(H,35,38)(H,40,41)/t26-,27-/m0/s1. The third-order valence-corrected chi connectivity index (χ3v) is 7.16. The highest BCUT2D eigenvalue weighted by Crippen LogP contribution is 2.12. The van der Waals surface area contributed by atoms with Gasteiger partial charge in [-0.2, -0.15) is 0 Å². The van der Waals surface area contributed by atoms with E-state index >= 15 is 0 Å². The van der Waals surface area contributed by atoms with E-state index in [2.05, 4.69) is 22.9 Å². The average molecular weight is 583 g/mol. The zero-order valence-electron chi connectivity index (χ0n) is 25.8. The molecule has 41 heavy (non-hydrogen) atoms. The fraction of sp³-hybridized carbons (Fsp3) is 0.839. The summed E-state index contributed by atoms with van der Waals surface area (Å²) >= 11 is 0. The van der Waals surface area contributed by atoms with Crippen LogP contribution in [0.2, 0.25) is 0 Å². The first kappa shape index (κ1) is 38.5. The summed E-state index contributed by atoms with van der Waals surface area (Å²) in [6.07, 6.45) is 16.7. The van der Waals surface area contributed by atoms with E-state index in [0.29, 0.717) is 45.2 Å². The van der Waals surface area contributed by atoms with Crippen LogP contribution < -0.4 is 21.7 Å². The lowest BCUT2D eigenvalue weighted by Gasteiger charge is -2.15. The predicted octanol–water partition coefficient (Wildman–Crippen LogP) is 4.53. The maximum absolute atomic E-state index is 12.2. The largest absolute Gasteiger partial charge is 0.480 e. The van der Waals surface area contributed by atoms with Crippen LogP contribution >= 0.6 is 0 Å². The van der Waals surface area contributed by atoms with Crippen molar-refractivity contribution in [2.45, 2.75) is 154 Å². The number of hydrogen-bond acceptors (Lipinski definition) is 6.